The number of benzene rings is 1. The van der Waals surface area contributed by atoms with Gasteiger partial charge in [0.1, 0.15) is 11.8 Å². The van der Waals surface area contributed by atoms with Gasteiger partial charge in [-0.15, -0.1) is 0 Å². The molecule has 2 bridgehead atoms. The van der Waals surface area contributed by atoms with Crippen molar-refractivity contribution in [3.05, 3.63) is 54.0 Å². The highest BCUT2D eigenvalue weighted by atomic mass is 16.5. The number of hydrogen-bond acceptors (Lipinski definition) is 8. The van der Waals surface area contributed by atoms with E-state index in [4.69, 9.17) is 13.9 Å². The number of amides is 2. The minimum absolute atomic E-state index is 0.0300. The molecule has 37 heavy (non-hydrogen) atoms. The average Bonchev–Trinajstić information content (AvgIpc) is 3.67. The van der Waals surface area contributed by atoms with Gasteiger partial charge in [-0.25, -0.2) is 9.59 Å². The number of ketones is 1. The number of likely N-dealkylation sites (tertiary alicyclic amines) is 1. The molecular formula is C28H29NO8. The monoisotopic (exact) mass is 507 g/mol. The van der Waals surface area contributed by atoms with Crippen molar-refractivity contribution in [2.75, 3.05) is 6.61 Å². The Morgan fingerprint density at radius 2 is 1.65 bits per heavy atom. The molecule has 5 rings (SSSR count). The first-order valence-electron chi connectivity index (χ1n) is 12.7. The van der Waals surface area contributed by atoms with E-state index >= 15 is 0 Å². The van der Waals surface area contributed by atoms with Crippen molar-refractivity contribution in [1.29, 1.82) is 0 Å². The summed E-state index contributed by atoms with van der Waals surface area (Å²) in [5.41, 5.74) is 0.255. The predicted molar refractivity (Wildman–Crippen MR) is 128 cm³/mol. The van der Waals surface area contributed by atoms with Gasteiger partial charge in [0.15, 0.2) is 12.4 Å². The summed E-state index contributed by atoms with van der Waals surface area (Å²) in [7, 11) is 0. The highest BCUT2D eigenvalue weighted by Crippen LogP contribution is 2.56. The van der Waals surface area contributed by atoms with Gasteiger partial charge in [-0.2, -0.15) is 0 Å². The molecule has 2 amide bonds. The van der Waals surface area contributed by atoms with Crippen LogP contribution in [0.2, 0.25) is 0 Å². The topological polar surface area (TPSA) is 120 Å². The van der Waals surface area contributed by atoms with E-state index in [-0.39, 0.29) is 64.9 Å². The van der Waals surface area contributed by atoms with Crippen LogP contribution in [-0.4, -0.2) is 47.1 Å². The van der Waals surface area contributed by atoms with Crippen LogP contribution < -0.4 is 4.74 Å². The van der Waals surface area contributed by atoms with Gasteiger partial charge in [0.05, 0.1) is 18.1 Å². The van der Waals surface area contributed by atoms with Crippen molar-refractivity contribution in [1.82, 2.24) is 4.90 Å². The quantitative estimate of drug-likeness (QED) is 0.218. The lowest BCUT2D eigenvalue weighted by atomic mass is 9.81. The third-order valence-corrected chi connectivity index (χ3v) is 7.69. The Hall–Kier alpha value is -3.75. The van der Waals surface area contributed by atoms with Gasteiger partial charge >= 0.3 is 11.9 Å². The van der Waals surface area contributed by atoms with Crippen molar-refractivity contribution >= 4 is 29.5 Å². The summed E-state index contributed by atoms with van der Waals surface area (Å²) in [6, 6.07) is 7.81. The first-order chi connectivity index (χ1) is 17.7. The van der Waals surface area contributed by atoms with E-state index in [1.54, 1.807) is 6.07 Å². The largest absolute Gasteiger partial charge is 0.457 e. The number of Topliss-reactive ketones (excluding diaryl/α,β-unsaturated/α-hetero) is 1. The summed E-state index contributed by atoms with van der Waals surface area (Å²) < 4.78 is 15.5. The van der Waals surface area contributed by atoms with E-state index in [1.807, 2.05) is 13.8 Å². The number of esters is 2. The number of fused-ring (bicyclic) bond motifs is 5. The summed E-state index contributed by atoms with van der Waals surface area (Å²) in [5.74, 6) is -2.33. The average molecular weight is 508 g/mol. The molecule has 0 N–H and O–H groups in total. The van der Waals surface area contributed by atoms with Gasteiger partial charge in [0, 0.05) is 5.56 Å². The van der Waals surface area contributed by atoms with Crippen LogP contribution in [0.15, 0.2) is 47.1 Å². The Bertz CT molecular complexity index is 1190. The van der Waals surface area contributed by atoms with Gasteiger partial charge in [-0.05, 0) is 79.8 Å². The van der Waals surface area contributed by atoms with Crippen LogP contribution in [0.4, 0.5) is 0 Å². The molecule has 1 saturated heterocycles. The Morgan fingerprint density at radius 3 is 2.22 bits per heavy atom. The highest BCUT2D eigenvalue weighted by Gasteiger charge is 2.62. The molecule has 2 heterocycles. The number of carbonyl (C=O) groups excluding carboxylic acids is 5. The maximum absolute atomic E-state index is 13.2. The zero-order valence-electron chi connectivity index (χ0n) is 20.8. The fourth-order valence-electron chi connectivity index (χ4n) is 6.07. The minimum atomic E-state index is -1.04. The number of hydrogen-bond donors (Lipinski definition) is 0. The first kappa shape index (κ1) is 24.9. The number of nitrogens with zero attached hydrogens (tertiary/aromatic N) is 1. The number of rotatable bonds is 9. The summed E-state index contributed by atoms with van der Waals surface area (Å²) in [4.78, 5) is 65.4. The van der Waals surface area contributed by atoms with Crippen molar-refractivity contribution < 1.29 is 37.9 Å². The van der Waals surface area contributed by atoms with Crippen molar-refractivity contribution in [3.8, 4) is 5.75 Å². The summed E-state index contributed by atoms with van der Waals surface area (Å²) >= 11 is 0. The van der Waals surface area contributed by atoms with Crippen molar-refractivity contribution in [2.24, 2.45) is 29.6 Å². The SMILES string of the molecule is CC(C)CC(C(=O)OCC(=O)c1ccc(OC(=O)c2ccco2)cc1)N1C(=O)C2C3CCC(C3)C2C1=O. The second-order valence-corrected chi connectivity index (χ2v) is 10.5. The molecule has 5 atom stereocenters. The Balaban J connectivity index is 1.21. The normalized spacial score (nSPS) is 24.9. The number of furan rings is 1. The summed E-state index contributed by atoms with van der Waals surface area (Å²) in [5, 5.41) is 0. The van der Waals surface area contributed by atoms with Gasteiger partial charge in [0.2, 0.25) is 17.6 Å². The van der Waals surface area contributed by atoms with E-state index in [9.17, 15) is 24.0 Å². The third-order valence-electron chi connectivity index (χ3n) is 7.69. The molecule has 9 nitrogen and oxygen atoms in total. The Kier molecular flexibility index (Phi) is 6.70. The molecular weight excluding hydrogens is 478 g/mol. The molecule has 9 heteroatoms. The molecule has 2 aliphatic carbocycles. The second kappa shape index (κ2) is 9.95. The van der Waals surface area contributed by atoms with Crippen LogP contribution in [0.3, 0.4) is 0 Å². The number of ether oxygens (including phenoxy) is 2. The van der Waals surface area contributed by atoms with Crippen molar-refractivity contribution in [3.63, 3.8) is 0 Å². The smallest absolute Gasteiger partial charge is 0.379 e. The van der Waals surface area contributed by atoms with Crippen LogP contribution >= 0.6 is 0 Å². The molecule has 0 spiro atoms. The van der Waals surface area contributed by atoms with Gasteiger partial charge in [-0.3, -0.25) is 19.3 Å². The van der Waals surface area contributed by atoms with Gasteiger partial charge in [-0.1, -0.05) is 13.8 Å². The molecule has 0 radical (unpaired) electrons. The zero-order chi connectivity index (χ0) is 26.3. The molecule has 194 valence electrons. The number of imide groups is 1. The molecule has 1 aliphatic heterocycles. The standard InChI is InChI=1S/C28H29NO8/c1-15(2)12-20(29-25(31)23-17-5-6-18(13-17)24(23)26(29)32)27(33)36-14-21(30)16-7-9-19(10-8-16)37-28(34)22-4-3-11-35-22/h3-4,7-11,15,17-18,20,23-24H,5-6,12-14H2,1-2H3. The van der Waals surface area contributed by atoms with E-state index in [1.165, 1.54) is 36.6 Å². The maximum atomic E-state index is 13.2. The Morgan fingerprint density at radius 1 is 1.00 bits per heavy atom. The second-order valence-electron chi connectivity index (χ2n) is 10.5. The van der Waals surface area contributed by atoms with E-state index in [0.717, 1.165) is 24.2 Å². The molecule has 3 aliphatic rings. The molecule has 2 aromatic rings. The molecule has 2 saturated carbocycles. The lowest BCUT2D eigenvalue weighted by molar-refractivity contribution is -0.159. The fourth-order valence-corrected chi connectivity index (χ4v) is 6.07. The van der Waals surface area contributed by atoms with Crippen LogP contribution in [0.5, 0.6) is 5.75 Å². The van der Waals surface area contributed by atoms with E-state index < -0.39 is 30.4 Å². The van der Waals surface area contributed by atoms with Crippen LogP contribution in [0.1, 0.15) is 60.4 Å². The van der Waals surface area contributed by atoms with Gasteiger partial charge in [0.25, 0.3) is 0 Å². The molecule has 5 unspecified atom stereocenters. The maximum Gasteiger partial charge on any atom is 0.379 e. The molecule has 1 aromatic heterocycles. The Labute approximate surface area is 214 Å². The van der Waals surface area contributed by atoms with Crippen LogP contribution in [-0.2, 0) is 19.1 Å². The fraction of sp³-hybridized carbons (Fsp3) is 0.464. The zero-order valence-corrected chi connectivity index (χ0v) is 20.8. The molecule has 1 aromatic carbocycles. The van der Waals surface area contributed by atoms with Gasteiger partial charge < -0.3 is 13.9 Å². The lowest BCUT2D eigenvalue weighted by Gasteiger charge is -2.27. The van der Waals surface area contributed by atoms with E-state index in [2.05, 4.69) is 0 Å². The minimum Gasteiger partial charge on any atom is -0.457 e. The van der Waals surface area contributed by atoms with Crippen molar-refractivity contribution in [2.45, 2.75) is 45.6 Å². The third kappa shape index (κ3) is 4.70. The highest BCUT2D eigenvalue weighted by molar-refractivity contribution is 6.09. The summed E-state index contributed by atoms with van der Waals surface area (Å²) in [6.45, 7) is 3.27. The number of carbonyl (C=O) groups is 5. The van der Waals surface area contributed by atoms with Crippen LogP contribution in [0, 0.1) is 29.6 Å². The summed E-state index contributed by atoms with van der Waals surface area (Å²) in [6.07, 6.45) is 4.45. The lowest BCUT2D eigenvalue weighted by Crippen LogP contribution is -2.48. The van der Waals surface area contributed by atoms with Crippen LogP contribution in [0.25, 0.3) is 0 Å². The van der Waals surface area contributed by atoms with E-state index in [0.29, 0.717) is 0 Å². The molecule has 3 fully saturated rings. The predicted octanol–water partition coefficient (Wildman–Crippen LogP) is 3.67. The first-order valence-corrected chi connectivity index (χ1v) is 12.7.